The van der Waals surface area contributed by atoms with Gasteiger partial charge in [-0.1, -0.05) is 19.1 Å². The van der Waals surface area contributed by atoms with Crippen LogP contribution in [0.25, 0.3) is 0 Å². The number of aliphatic hydroxyl groups is 1. The average molecular weight is 210 g/mol. The van der Waals surface area contributed by atoms with Crippen molar-refractivity contribution in [3.63, 3.8) is 0 Å². The Balaban J connectivity index is 2.84. The first-order chi connectivity index (χ1) is 7.06. The smallest absolute Gasteiger partial charge is 0.269 e. The monoisotopic (exact) mass is 210 g/mol. The van der Waals surface area contributed by atoms with Crippen molar-refractivity contribution in [1.29, 1.82) is 0 Å². The van der Waals surface area contributed by atoms with E-state index in [9.17, 15) is 10.1 Å². The molecule has 5 heteroatoms. The molecule has 0 saturated carbocycles. The Labute approximate surface area is 87.7 Å². The van der Waals surface area contributed by atoms with Crippen molar-refractivity contribution >= 4 is 5.69 Å². The number of hydrogen-bond donors (Lipinski definition) is 2. The molecule has 5 nitrogen and oxygen atoms in total. The Kier molecular flexibility index (Phi) is 3.76. The molecular weight excluding hydrogens is 196 g/mol. The Morgan fingerprint density at radius 3 is 2.40 bits per heavy atom. The van der Waals surface area contributed by atoms with Gasteiger partial charge in [0.15, 0.2) is 0 Å². The third kappa shape index (κ3) is 2.74. The fourth-order valence-corrected chi connectivity index (χ4v) is 1.26. The van der Waals surface area contributed by atoms with Crippen LogP contribution < -0.4 is 5.73 Å². The molecule has 1 aromatic rings. The van der Waals surface area contributed by atoms with Gasteiger partial charge in [0.2, 0.25) is 0 Å². The van der Waals surface area contributed by atoms with Crippen LogP contribution in [0.4, 0.5) is 5.69 Å². The summed E-state index contributed by atoms with van der Waals surface area (Å²) in [4.78, 5) is 9.95. The molecule has 82 valence electrons. The van der Waals surface area contributed by atoms with E-state index in [4.69, 9.17) is 10.8 Å². The van der Waals surface area contributed by atoms with Gasteiger partial charge < -0.3 is 10.8 Å². The van der Waals surface area contributed by atoms with Crippen LogP contribution >= 0.6 is 0 Å². The van der Waals surface area contributed by atoms with Gasteiger partial charge in [0.05, 0.1) is 4.92 Å². The maximum absolute atomic E-state index is 10.4. The number of hydrogen-bond acceptors (Lipinski definition) is 4. The van der Waals surface area contributed by atoms with E-state index in [2.05, 4.69) is 0 Å². The van der Waals surface area contributed by atoms with Crippen molar-refractivity contribution in [2.24, 2.45) is 11.7 Å². The maximum Gasteiger partial charge on any atom is 0.269 e. The zero-order chi connectivity index (χ0) is 11.4. The highest BCUT2D eigenvalue weighted by atomic mass is 16.6. The molecule has 15 heavy (non-hydrogen) atoms. The van der Waals surface area contributed by atoms with Crippen molar-refractivity contribution in [2.75, 3.05) is 6.61 Å². The highest BCUT2D eigenvalue weighted by molar-refractivity contribution is 5.34. The number of nitro groups is 1. The quantitative estimate of drug-likeness (QED) is 0.577. The lowest BCUT2D eigenvalue weighted by Crippen LogP contribution is -2.21. The van der Waals surface area contributed by atoms with Gasteiger partial charge in [-0.3, -0.25) is 10.1 Å². The molecule has 0 heterocycles. The maximum atomic E-state index is 10.4. The van der Waals surface area contributed by atoms with Crippen LogP contribution in [0.5, 0.6) is 0 Å². The minimum Gasteiger partial charge on any atom is -0.396 e. The van der Waals surface area contributed by atoms with E-state index in [1.807, 2.05) is 6.92 Å². The van der Waals surface area contributed by atoms with Crippen LogP contribution in [-0.4, -0.2) is 16.6 Å². The third-order valence-corrected chi connectivity index (χ3v) is 2.39. The summed E-state index contributed by atoms with van der Waals surface area (Å²) in [7, 11) is 0. The topological polar surface area (TPSA) is 89.4 Å². The molecule has 0 aromatic heterocycles. The second kappa shape index (κ2) is 4.86. The first-order valence-electron chi connectivity index (χ1n) is 4.67. The molecular formula is C10H14N2O3. The summed E-state index contributed by atoms with van der Waals surface area (Å²) in [5, 5.41) is 19.3. The summed E-state index contributed by atoms with van der Waals surface area (Å²) in [6, 6.07) is 5.78. The van der Waals surface area contributed by atoms with Crippen molar-refractivity contribution in [3.05, 3.63) is 39.9 Å². The van der Waals surface area contributed by atoms with Crippen molar-refractivity contribution < 1.29 is 10.0 Å². The van der Waals surface area contributed by atoms with Crippen LogP contribution in [0.1, 0.15) is 18.5 Å². The molecule has 1 aromatic carbocycles. The van der Waals surface area contributed by atoms with Crippen LogP contribution in [0, 0.1) is 16.0 Å². The van der Waals surface area contributed by atoms with E-state index in [-0.39, 0.29) is 24.3 Å². The van der Waals surface area contributed by atoms with Gasteiger partial charge in [-0.2, -0.15) is 0 Å². The van der Waals surface area contributed by atoms with Crippen LogP contribution in [0.3, 0.4) is 0 Å². The largest absolute Gasteiger partial charge is 0.396 e. The minimum absolute atomic E-state index is 0.00183. The number of nitro benzene ring substituents is 1. The zero-order valence-corrected chi connectivity index (χ0v) is 8.46. The molecule has 0 aliphatic carbocycles. The van der Waals surface area contributed by atoms with E-state index in [1.54, 1.807) is 12.1 Å². The highest BCUT2D eigenvalue weighted by Crippen LogP contribution is 2.21. The Bertz CT molecular complexity index is 337. The van der Waals surface area contributed by atoms with Gasteiger partial charge in [-0.25, -0.2) is 0 Å². The number of non-ortho nitro benzene ring substituents is 1. The lowest BCUT2D eigenvalue weighted by atomic mass is 9.96. The zero-order valence-electron chi connectivity index (χ0n) is 8.46. The molecule has 0 saturated heterocycles. The molecule has 0 aliphatic heterocycles. The number of nitrogens with zero attached hydrogens (tertiary/aromatic N) is 1. The van der Waals surface area contributed by atoms with Gasteiger partial charge in [0.25, 0.3) is 5.69 Å². The Hall–Kier alpha value is -1.46. The SMILES string of the molecule is C[C@H](CO)[C@H](N)c1ccc([N+](=O)[O-])cc1. The predicted octanol–water partition coefficient (Wildman–Crippen LogP) is 1.22. The number of nitrogens with two attached hydrogens (primary N) is 1. The van der Waals surface area contributed by atoms with Gasteiger partial charge in [0, 0.05) is 24.8 Å². The van der Waals surface area contributed by atoms with E-state index in [0.29, 0.717) is 0 Å². The van der Waals surface area contributed by atoms with Crippen LogP contribution in [0.2, 0.25) is 0 Å². The van der Waals surface area contributed by atoms with Crippen molar-refractivity contribution in [2.45, 2.75) is 13.0 Å². The summed E-state index contributed by atoms with van der Waals surface area (Å²) in [5.74, 6) is -0.0635. The minimum atomic E-state index is -0.454. The molecule has 0 spiro atoms. The molecule has 0 aliphatic rings. The molecule has 0 unspecified atom stereocenters. The number of benzene rings is 1. The van der Waals surface area contributed by atoms with E-state index >= 15 is 0 Å². The predicted molar refractivity (Wildman–Crippen MR) is 56.3 cm³/mol. The third-order valence-electron chi connectivity index (χ3n) is 2.39. The number of aliphatic hydroxyl groups excluding tert-OH is 1. The summed E-state index contributed by atoms with van der Waals surface area (Å²) in [5.41, 5.74) is 6.68. The second-order valence-corrected chi connectivity index (χ2v) is 3.53. The highest BCUT2D eigenvalue weighted by Gasteiger charge is 2.14. The Morgan fingerprint density at radius 2 is 2.00 bits per heavy atom. The summed E-state index contributed by atoms with van der Waals surface area (Å²) in [6.07, 6.45) is 0. The first-order valence-corrected chi connectivity index (χ1v) is 4.67. The average Bonchev–Trinajstić information content (AvgIpc) is 2.27. The molecule has 1 rings (SSSR count). The Morgan fingerprint density at radius 1 is 1.47 bits per heavy atom. The lowest BCUT2D eigenvalue weighted by Gasteiger charge is -2.17. The van der Waals surface area contributed by atoms with E-state index in [0.717, 1.165) is 5.56 Å². The molecule has 3 N–H and O–H groups in total. The van der Waals surface area contributed by atoms with E-state index < -0.39 is 4.92 Å². The van der Waals surface area contributed by atoms with E-state index in [1.165, 1.54) is 12.1 Å². The normalized spacial score (nSPS) is 14.6. The molecule has 0 fully saturated rings. The standard InChI is InChI=1S/C10H14N2O3/c1-7(6-13)10(11)8-2-4-9(5-3-8)12(14)15/h2-5,7,10,13H,6,11H2,1H3/t7-,10+/m1/s1. The van der Waals surface area contributed by atoms with Crippen molar-refractivity contribution in [3.8, 4) is 0 Å². The summed E-state index contributed by atoms with van der Waals surface area (Å²) in [6.45, 7) is 1.82. The van der Waals surface area contributed by atoms with Gasteiger partial charge in [-0.15, -0.1) is 0 Å². The number of rotatable bonds is 4. The second-order valence-electron chi connectivity index (χ2n) is 3.53. The van der Waals surface area contributed by atoms with Gasteiger partial charge in [-0.05, 0) is 11.5 Å². The molecule has 0 amide bonds. The molecule has 0 bridgehead atoms. The summed E-state index contributed by atoms with van der Waals surface area (Å²) < 4.78 is 0. The van der Waals surface area contributed by atoms with Crippen molar-refractivity contribution in [1.82, 2.24) is 0 Å². The lowest BCUT2D eigenvalue weighted by molar-refractivity contribution is -0.384. The summed E-state index contributed by atoms with van der Waals surface area (Å²) >= 11 is 0. The van der Waals surface area contributed by atoms with Crippen LogP contribution in [-0.2, 0) is 0 Å². The first kappa shape index (κ1) is 11.6. The fourth-order valence-electron chi connectivity index (χ4n) is 1.26. The van der Waals surface area contributed by atoms with Gasteiger partial charge >= 0.3 is 0 Å². The molecule has 2 atom stereocenters. The van der Waals surface area contributed by atoms with Gasteiger partial charge in [0.1, 0.15) is 0 Å². The van der Waals surface area contributed by atoms with Crippen LogP contribution in [0.15, 0.2) is 24.3 Å². The molecule has 0 radical (unpaired) electrons. The fraction of sp³-hybridized carbons (Fsp3) is 0.400.